The number of rotatable bonds is 7. The lowest BCUT2D eigenvalue weighted by atomic mass is 10.1. The van der Waals surface area contributed by atoms with Gasteiger partial charge in [-0.3, -0.25) is 0 Å². The van der Waals surface area contributed by atoms with E-state index in [1.165, 1.54) is 0 Å². The van der Waals surface area contributed by atoms with E-state index in [1.54, 1.807) is 6.26 Å². The van der Waals surface area contributed by atoms with Crippen molar-refractivity contribution in [2.75, 3.05) is 13.1 Å². The molecule has 2 atom stereocenters. The van der Waals surface area contributed by atoms with Gasteiger partial charge < -0.3 is 15.5 Å². The van der Waals surface area contributed by atoms with Crippen molar-refractivity contribution in [1.82, 2.24) is 5.32 Å². The molecule has 0 aliphatic rings. The lowest BCUT2D eigenvalue weighted by Crippen LogP contribution is -2.30. The van der Waals surface area contributed by atoms with Crippen LogP contribution in [0.3, 0.4) is 0 Å². The van der Waals surface area contributed by atoms with Gasteiger partial charge in [-0.25, -0.2) is 0 Å². The standard InChI is InChI=1S/C12H22N2O/c1-10(9-13)5-6-14-11(2)8-12-4-3-7-15-12/h3-4,7,10-11,14H,5-6,8-9,13H2,1-2H3. The molecule has 2 unspecified atom stereocenters. The predicted molar refractivity (Wildman–Crippen MR) is 62.7 cm³/mol. The van der Waals surface area contributed by atoms with Crippen molar-refractivity contribution in [2.24, 2.45) is 11.7 Å². The largest absolute Gasteiger partial charge is 0.469 e. The van der Waals surface area contributed by atoms with Crippen LogP contribution in [-0.4, -0.2) is 19.1 Å². The van der Waals surface area contributed by atoms with Crippen molar-refractivity contribution in [3.8, 4) is 0 Å². The summed E-state index contributed by atoms with van der Waals surface area (Å²) in [5, 5.41) is 3.47. The summed E-state index contributed by atoms with van der Waals surface area (Å²) in [5.41, 5.74) is 5.56. The molecular weight excluding hydrogens is 188 g/mol. The molecule has 3 heteroatoms. The Bertz CT molecular complexity index is 246. The van der Waals surface area contributed by atoms with Gasteiger partial charge in [0.25, 0.3) is 0 Å². The van der Waals surface area contributed by atoms with E-state index >= 15 is 0 Å². The summed E-state index contributed by atoms with van der Waals surface area (Å²) in [7, 11) is 0. The Morgan fingerprint density at radius 2 is 2.27 bits per heavy atom. The molecule has 1 heterocycles. The van der Waals surface area contributed by atoms with Crippen LogP contribution in [0.25, 0.3) is 0 Å². The zero-order valence-electron chi connectivity index (χ0n) is 9.70. The summed E-state index contributed by atoms with van der Waals surface area (Å²) in [6.07, 6.45) is 3.81. The summed E-state index contributed by atoms with van der Waals surface area (Å²) in [6, 6.07) is 4.40. The number of hydrogen-bond donors (Lipinski definition) is 2. The second-order valence-electron chi connectivity index (χ2n) is 4.27. The van der Waals surface area contributed by atoms with Crippen molar-refractivity contribution in [3.05, 3.63) is 24.2 Å². The second-order valence-corrected chi connectivity index (χ2v) is 4.27. The summed E-state index contributed by atoms with van der Waals surface area (Å²) in [6.45, 7) is 6.16. The molecule has 3 nitrogen and oxygen atoms in total. The third-order valence-corrected chi connectivity index (χ3v) is 2.62. The lowest BCUT2D eigenvalue weighted by Gasteiger charge is -2.14. The van der Waals surface area contributed by atoms with Crippen LogP contribution in [0.2, 0.25) is 0 Å². The predicted octanol–water partition coefficient (Wildman–Crippen LogP) is 1.79. The van der Waals surface area contributed by atoms with Gasteiger partial charge in [0, 0.05) is 12.5 Å². The van der Waals surface area contributed by atoms with Gasteiger partial charge in [-0.2, -0.15) is 0 Å². The normalized spacial score (nSPS) is 15.1. The average Bonchev–Trinajstić information content (AvgIpc) is 2.70. The lowest BCUT2D eigenvalue weighted by molar-refractivity contribution is 0.435. The van der Waals surface area contributed by atoms with Crippen LogP contribution >= 0.6 is 0 Å². The average molecular weight is 210 g/mol. The maximum Gasteiger partial charge on any atom is 0.105 e. The van der Waals surface area contributed by atoms with E-state index in [9.17, 15) is 0 Å². The number of furan rings is 1. The Labute approximate surface area is 92.0 Å². The van der Waals surface area contributed by atoms with Crippen LogP contribution < -0.4 is 11.1 Å². The molecule has 3 N–H and O–H groups in total. The van der Waals surface area contributed by atoms with E-state index < -0.39 is 0 Å². The Hall–Kier alpha value is -0.800. The maximum atomic E-state index is 5.56. The van der Waals surface area contributed by atoms with Crippen molar-refractivity contribution >= 4 is 0 Å². The van der Waals surface area contributed by atoms with Gasteiger partial charge in [-0.05, 0) is 44.5 Å². The molecule has 0 aromatic carbocycles. The zero-order valence-corrected chi connectivity index (χ0v) is 9.70. The molecule has 0 radical (unpaired) electrons. The minimum atomic E-state index is 0.459. The number of nitrogens with two attached hydrogens (primary N) is 1. The molecule has 0 fully saturated rings. The third-order valence-electron chi connectivity index (χ3n) is 2.62. The maximum absolute atomic E-state index is 5.56. The van der Waals surface area contributed by atoms with Crippen molar-refractivity contribution in [2.45, 2.75) is 32.7 Å². The Morgan fingerprint density at radius 3 is 2.87 bits per heavy atom. The monoisotopic (exact) mass is 210 g/mol. The first-order valence-electron chi connectivity index (χ1n) is 5.68. The highest BCUT2D eigenvalue weighted by Gasteiger charge is 2.05. The molecule has 15 heavy (non-hydrogen) atoms. The van der Waals surface area contributed by atoms with Gasteiger partial charge in [-0.1, -0.05) is 6.92 Å². The molecule has 1 aromatic heterocycles. The molecule has 0 saturated carbocycles. The summed E-state index contributed by atoms with van der Waals surface area (Å²) < 4.78 is 5.29. The van der Waals surface area contributed by atoms with Crippen LogP contribution in [0.5, 0.6) is 0 Å². The van der Waals surface area contributed by atoms with E-state index in [-0.39, 0.29) is 0 Å². The Morgan fingerprint density at radius 1 is 1.47 bits per heavy atom. The molecule has 0 saturated heterocycles. The fourth-order valence-electron chi connectivity index (χ4n) is 1.50. The SMILES string of the molecule is CC(CN)CCNC(C)Cc1ccco1. The van der Waals surface area contributed by atoms with E-state index in [2.05, 4.69) is 19.2 Å². The fraction of sp³-hybridized carbons (Fsp3) is 0.667. The van der Waals surface area contributed by atoms with Crippen LogP contribution in [0, 0.1) is 5.92 Å². The smallest absolute Gasteiger partial charge is 0.105 e. The fourth-order valence-corrected chi connectivity index (χ4v) is 1.50. The molecule has 86 valence electrons. The van der Waals surface area contributed by atoms with Gasteiger partial charge in [0.1, 0.15) is 5.76 Å². The van der Waals surface area contributed by atoms with E-state index in [0.717, 1.165) is 31.7 Å². The molecule has 0 aliphatic heterocycles. The van der Waals surface area contributed by atoms with Gasteiger partial charge in [0.15, 0.2) is 0 Å². The first-order valence-corrected chi connectivity index (χ1v) is 5.68. The van der Waals surface area contributed by atoms with Crippen LogP contribution in [0.15, 0.2) is 22.8 Å². The minimum Gasteiger partial charge on any atom is -0.469 e. The number of nitrogens with one attached hydrogen (secondary N) is 1. The van der Waals surface area contributed by atoms with E-state index in [1.807, 2.05) is 12.1 Å². The second kappa shape index (κ2) is 6.64. The third kappa shape index (κ3) is 5.00. The summed E-state index contributed by atoms with van der Waals surface area (Å²) in [4.78, 5) is 0. The first kappa shape index (κ1) is 12.3. The highest BCUT2D eigenvalue weighted by Crippen LogP contribution is 2.04. The molecule has 1 rings (SSSR count). The Balaban J connectivity index is 2.11. The van der Waals surface area contributed by atoms with Gasteiger partial charge in [0.05, 0.1) is 6.26 Å². The van der Waals surface area contributed by atoms with Crippen LogP contribution in [-0.2, 0) is 6.42 Å². The molecule has 0 amide bonds. The van der Waals surface area contributed by atoms with Crippen molar-refractivity contribution < 1.29 is 4.42 Å². The topological polar surface area (TPSA) is 51.2 Å². The quantitative estimate of drug-likeness (QED) is 0.721. The summed E-state index contributed by atoms with van der Waals surface area (Å²) in [5.74, 6) is 1.65. The van der Waals surface area contributed by atoms with Crippen LogP contribution in [0.4, 0.5) is 0 Å². The Kier molecular flexibility index (Phi) is 5.43. The molecule has 1 aromatic rings. The highest BCUT2D eigenvalue weighted by atomic mass is 16.3. The van der Waals surface area contributed by atoms with E-state index in [0.29, 0.717) is 12.0 Å². The molecule has 0 bridgehead atoms. The minimum absolute atomic E-state index is 0.459. The zero-order chi connectivity index (χ0) is 11.1. The number of hydrogen-bond acceptors (Lipinski definition) is 3. The summed E-state index contributed by atoms with van der Waals surface area (Å²) >= 11 is 0. The van der Waals surface area contributed by atoms with Crippen molar-refractivity contribution in [1.29, 1.82) is 0 Å². The first-order chi connectivity index (χ1) is 7.22. The molecule has 0 spiro atoms. The van der Waals surface area contributed by atoms with Gasteiger partial charge >= 0.3 is 0 Å². The van der Waals surface area contributed by atoms with Crippen LogP contribution in [0.1, 0.15) is 26.0 Å². The van der Waals surface area contributed by atoms with Crippen molar-refractivity contribution in [3.63, 3.8) is 0 Å². The highest BCUT2D eigenvalue weighted by molar-refractivity contribution is 4.99. The molecular formula is C12H22N2O. The van der Waals surface area contributed by atoms with Gasteiger partial charge in [0.2, 0.25) is 0 Å². The molecule has 0 aliphatic carbocycles. The van der Waals surface area contributed by atoms with E-state index in [4.69, 9.17) is 10.2 Å². The van der Waals surface area contributed by atoms with Gasteiger partial charge in [-0.15, -0.1) is 0 Å².